The molecule has 0 radical (unpaired) electrons. The Morgan fingerprint density at radius 1 is 0.711 bits per heavy atom. The summed E-state index contributed by atoms with van der Waals surface area (Å²) in [4.78, 5) is 13.4. The molecule has 0 saturated carbocycles. The predicted octanol–water partition coefficient (Wildman–Crippen LogP) is 2.65. The molecule has 4 aromatic rings. The topological polar surface area (TPSA) is 119 Å². The van der Waals surface area contributed by atoms with E-state index in [1.807, 2.05) is 66.7 Å². The van der Waals surface area contributed by atoms with Crippen molar-refractivity contribution >= 4 is 68.2 Å². The maximum Gasteiger partial charge on any atom is 0.258 e. The lowest BCUT2D eigenvalue weighted by molar-refractivity contribution is -1.92. The van der Waals surface area contributed by atoms with Gasteiger partial charge in [-0.1, -0.05) is 93.7 Å². The number of carbonyl (C=O) groups is 1. The van der Waals surface area contributed by atoms with Gasteiger partial charge >= 0.3 is 0 Å². The Hall–Kier alpha value is -2.29. The first-order valence-electron chi connectivity index (χ1n) is 10.9. The summed E-state index contributed by atoms with van der Waals surface area (Å²) in [6, 6.07) is 37.4. The molecule has 0 aromatic heterocycles. The van der Waals surface area contributed by atoms with Gasteiger partial charge in [0, 0.05) is 10.0 Å². The third kappa shape index (κ3) is 7.87. The summed E-state index contributed by atoms with van der Waals surface area (Å²) in [5.41, 5.74) is 1.01. The van der Waals surface area contributed by atoms with Crippen LogP contribution in [0.3, 0.4) is 0 Å². The Morgan fingerprint density at radius 3 is 1.37 bits per heavy atom. The maximum atomic E-state index is 13.4. The Labute approximate surface area is 241 Å². The van der Waals surface area contributed by atoms with Gasteiger partial charge in [0.1, 0.15) is 15.9 Å². The van der Waals surface area contributed by atoms with Gasteiger partial charge in [-0.15, -0.1) is 0 Å². The summed E-state index contributed by atoms with van der Waals surface area (Å²) in [6.07, 6.45) is 0. The number of nitrogens with one attached hydrogen (secondary N) is 1. The van der Waals surface area contributed by atoms with Crippen molar-refractivity contribution in [1.29, 1.82) is 0 Å². The molecule has 196 valence electrons. The van der Waals surface area contributed by atoms with Gasteiger partial charge in [-0.2, -0.15) is 14.0 Å². The minimum absolute atomic E-state index is 0.0327. The van der Waals surface area contributed by atoms with E-state index in [9.17, 15) is 4.79 Å². The van der Waals surface area contributed by atoms with E-state index >= 15 is 0 Å². The molecule has 6 nitrogen and oxygen atoms in total. The van der Waals surface area contributed by atoms with E-state index in [-0.39, 0.29) is 10.4 Å². The van der Waals surface area contributed by atoms with Crippen LogP contribution in [0.25, 0.3) is 0 Å². The van der Waals surface area contributed by atoms with Crippen LogP contribution in [0.4, 0.5) is 0 Å². The van der Waals surface area contributed by atoms with Gasteiger partial charge in [0.15, 0.2) is 11.8 Å². The average molecular weight is 657 g/mol. The molecule has 4 aromatic carbocycles. The van der Waals surface area contributed by atoms with E-state index in [0.29, 0.717) is 11.0 Å². The van der Waals surface area contributed by atoms with Gasteiger partial charge in [-0.05, 0) is 60.7 Å². The zero-order valence-electron chi connectivity index (χ0n) is 19.5. The van der Waals surface area contributed by atoms with Crippen LogP contribution in [0.1, 0.15) is 10.4 Å². The lowest BCUT2D eigenvalue weighted by Gasteiger charge is -2.29. The lowest BCUT2D eigenvalue weighted by Crippen LogP contribution is -2.58. The maximum absolute atomic E-state index is 13.4. The van der Waals surface area contributed by atoms with Crippen molar-refractivity contribution in [3.63, 3.8) is 0 Å². The van der Waals surface area contributed by atoms with E-state index in [4.69, 9.17) is 41.8 Å². The number of rotatable bonds is 6. The fourth-order valence-corrected chi connectivity index (χ4v) is 9.00. The molecular formula is C27H21BrCl3NO5P+. The second-order valence-electron chi connectivity index (χ2n) is 7.64. The summed E-state index contributed by atoms with van der Waals surface area (Å²) >= 11 is 16.6. The summed E-state index contributed by atoms with van der Waals surface area (Å²) < 4.78 is 33.6. The minimum Gasteiger partial charge on any atom is -0.290 e. The van der Waals surface area contributed by atoms with Gasteiger partial charge in [-0.25, -0.2) is 0 Å². The van der Waals surface area contributed by atoms with Gasteiger partial charge < -0.3 is 0 Å². The summed E-state index contributed by atoms with van der Waals surface area (Å²) in [5, 5.41) is 6.20. The van der Waals surface area contributed by atoms with E-state index in [2.05, 4.69) is 57.6 Å². The van der Waals surface area contributed by atoms with Crippen LogP contribution in [0.2, 0.25) is 0 Å². The number of benzene rings is 4. The highest BCUT2D eigenvalue weighted by molar-refractivity contribution is 9.10. The van der Waals surface area contributed by atoms with Gasteiger partial charge in [0.25, 0.3) is 5.91 Å². The van der Waals surface area contributed by atoms with Crippen molar-refractivity contribution in [3.8, 4) is 0 Å². The van der Waals surface area contributed by atoms with Crippen LogP contribution >= 0.6 is 46.4 Å². The molecule has 4 rings (SSSR count). The summed E-state index contributed by atoms with van der Waals surface area (Å²) in [7, 11) is -7.32. The zero-order valence-corrected chi connectivity index (χ0v) is 24.3. The van der Waals surface area contributed by atoms with Crippen LogP contribution in [0, 0.1) is 10.2 Å². The van der Waals surface area contributed by atoms with Crippen molar-refractivity contribution < 1.29 is 33.7 Å². The summed E-state index contributed by atoms with van der Waals surface area (Å²) in [6.45, 7) is 0. The predicted molar refractivity (Wildman–Crippen MR) is 148 cm³/mol. The number of hydrogen-bond donors (Lipinski definition) is 2. The monoisotopic (exact) mass is 654 g/mol. The Kier molecular flexibility index (Phi) is 10.9. The fraction of sp³-hybridized carbons (Fsp3) is 0. The first kappa shape index (κ1) is 30.3. The van der Waals surface area contributed by atoms with E-state index in [1.54, 1.807) is 12.1 Å². The van der Waals surface area contributed by atoms with Crippen molar-refractivity contribution in [1.82, 2.24) is 5.32 Å². The smallest absolute Gasteiger partial charge is 0.258 e. The van der Waals surface area contributed by atoms with Crippen molar-refractivity contribution in [2.45, 2.75) is 0 Å². The Bertz CT molecular complexity index is 1260. The standard InChI is InChI=1S/C27H19BrCl2NOP.ClHO4/c28-21-18-16-20(17-19-21)26(32)31-27(25(29)30)33(22-10-4-1-5-11-22,23-12-6-2-7-13-23)24-14-8-3-9-15-24;2-1(3,4)5/h1-19H;(H,2,3,4,5)/p+1. The third-order valence-corrected chi connectivity index (χ3v) is 10.7. The molecule has 2 N–H and O–H groups in total. The first-order chi connectivity index (χ1) is 18.0. The highest BCUT2D eigenvalue weighted by Gasteiger charge is 2.52. The molecule has 1 amide bonds. The minimum atomic E-state index is -4.69. The molecule has 0 spiro atoms. The molecule has 0 bridgehead atoms. The van der Waals surface area contributed by atoms with Crippen LogP contribution in [0.15, 0.2) is 130 Å². The largest absolute Gasteiger partial charge is 0.290 e. The molecule has 0 aliphatic rings. The molecule has 11 heteroatoms. The number of halogens is 4. The van der Waals surface area contributed by atoms with E-state index < -0.39 is 17.5 Å². The molecule has 38 heavy (non-hydrogen) atoms. The Morgan fingerprint density at radius 2 is 1.05 bits per heavy atom. The second kappa shape index (κ2) is 13.7. The number of carbonyl (C=O) groups excluding carboxylic acids is 1. The van der Waals surface area contributed by atoms with Crippen LogP contribution in [0.5, 0.6) is 0 Å². The van der Waals surface area contributed by atoms with E-state index in [0.717, 1.165) is 20.4 Å². The summed E-state index contributed by atoms with van der Waals surface area (Å²) in [5.74, 6) is -0.275. The SMILES string of the molecule is O=C(NC(=C(Cl)Cl)[P+](c1ccccc1)(c1ccccc1)c1ccccc1)c1ccc(Br)cc1.[O-][Cl+3]([O-])([O-])O. The van der Waals surface area contributed by atoms with Crippen LogP contribution in [-0.4, -0.2) is 10.6 Å². The molecule has 0 aliphatic carbocycles. The molecular weight excluding hydrogens is 636 g/mol. The molecule has 0 saturated heterocycles. The quantitative estimate of drug-likeness (QED) is 0.310. The van der Waals surface area contributed by atoms with Crippen LogP contribution in [-0.2, 0) is 0 Å². The molecule has 0 atom stereocenters. The Balaban J connectivity index is 0.000000732. The molecule has 0 fully saturated rings. The zero-order chi connectivity index (χ0) is 27.8. The molecule has 0 heterocycles. The molecule has 0 aliphatic heterocycles. The first-order valence-corrected chi connectivity index (χ1v) is 15.5. The second-order valence-corrected chi connectivity index (χ2v) is 13.6. The van der Waals surface area contributed by atoms with Gasteiger partial charge in [0.2, 0.25) is 5.44 Å². The van der Waals surface area contributed by atoms with Crippen molar-refractivity contribution in [3.05, 3.63) is 135 Å². The van der Waals surface area contributed by atoms with Crippen molar-refractivity contribution in [2.24, 2.45) is 0 Å². The normalized spacial score (nSPS) is 11.1. The van der Waals surface area contributed by atoms with E-state index in [1.165, 1.54) is 0 Å². The highest BCUT2D eigenvalue weighted by Crippen LogP contribution is 2.63. The molecule has 0 unspecified atom stereocenters. The number of hydrogen-bond acceptors (Lipinski definition) is 5. The van der Waals surface area contributed by atoms with Crippen molar-refractivity contribution in [2.75, 3.05) is 0 Å². The van der Waals surface area contributed by atoms with Gasteiger partial charge in [-0.3, -0.25) is 10.1 Å². The number of amides is 1. The average Bonchev–Trinajstić information content (AvgIpc) is 2.90. The van der Waals surface area contributed by atoms with Crippen LogP contribution < -0.4 is 35.2 Å². The van der Waals surface area contributed by atoms with Gasteiger partial charge in [0.05, 0.1) is 14.9 Å². The fourth-order valence-electron chi connectivity index (χ4n) is 3.83. The lowest BCUT2D eigenvalue weighted by atomic mass is 10.2. The third-order valence-electron chi connectivity index (χ3n) is 5.28. The highest BCUT2D eigenvalue weighted by atomic mass is 79.9.